The number of fused-ring (bicyclic) bond motifs is 1. The summed E-state index contributed by atoms with van der Waals surface area (Å²) in [5.41, 5.74) is 3.22. The highest BCUT2D eigenvalue weighted by molar-refractivity contribution is 5.68. The van der Waals surface area contributed by atoms with Gasteiger partial charge in [0, 0.05) is 5.69 Å². The van der Waals surface area contributed by atoms with Crippen LogP contribution in [0.5, 0.6) is 0 Å². The van der Waals surface area contributed by atoms with Crippen molar-refractivity contribution in [3.8, 4) is 0 Å². The molecule has 2 rings (SSSR count). The van der Waals surface area contributed by atoms with Gasteiger partial charge in [0.05, 0.1) is 12.1 Å². The smallest absolute Gasteiger partial charge is 0.292 e. The Morgan fingerprint density at radius 3 is 2.29 bits per heavy atom. The van der Waals surface area contributed by atoms with Crippen LogP contribution in [-0.4, -0.2) is 6.54 Å². The highest BCUT2D eigenvalue weighted by Gasteiger charge is 2.44. The first kappa shape index (κ1) is 12.3. The third-order valence-electron chi connectivity index (χ3n) is 3.32. The predicted octanol–water partition coefficient (Wildman–Crippen LogP) is 4.12. The monoisotopic (exact) mass is 239 g/mol. The van der Waals surface area contributed by atoms with E-state index in [1.54, 1.807) is 0 Å². The van der Waals surface area contributed by atoms with Gasteiger partial charge in [-0.1, -0.05) is 26.8 Å². The fraction of sp³-hybridized carbons (Fsp3) is 0.571. The summed E-state index contributed by atoms with van der Waals surface area (Å²) < 4.78 is 28.1. The lowest BCUT2D eigenvalue weighted by Gasteiger charge is -2.27. The molecule has 0 aromatic heterocycles. The van der Waals surface area contributed by atoms with Gasteiger partial charge in [0.2, 0.25) is 0 Å². The van der Waals surface area contributed by atoms with E-state index in [0.29, 0.717) is 5.69 Å². The molecule has 1 aromatic rings. The standard InChI is InChI=1S/C14H19F2N/c1-8-6-9(2)12-11(10(8)13(3,4)5)14(15,16)7-17-12/h6,17H,7H2,1-5H3. The van der Waals surface area contributed by atoms with E-state index < -0.39 is 5.92 Å². The van der Waals surface area contributed by atoms with Crippen LogP contribution in [0.4, 0.5) is 14.5 Å². The molecule has 1 N–H and O–H groups in total. The molecule has 0 aliphatic carbocycles. The molecule has 3 heteroatoms. The molecule has 0 unspecified atom stereocenters. The normalized spacial score (nSPS) is 17.8. The lowest BCUT2D eigenvalue weighted by Crippen LogP contribution is -2.23. The van der Waals surface area contributed by atoms with Gasteiger partial charge in [-0.05, 0) is 36.0 Å². The highest BCUT2D eigenvalue weighted by Crippen LogP contribution is 2.47. The number of hydrogen-bond donors (Lipinski definition) is 1. The zero-order chi connectivity index (χ0) is 13.0. The van der Waals surface area contributed by atoms with Gasteiger partial charge in [0.15, 0.2) is 0 Å². The number of anilines is 1. The summed E-state index contributed by atoms with van der Waals surface area (Å²) in [5, 5.41) is 2.85. The summed E-state index contributed by atoms with van der Waals surface area (Å²) in [7, 11) is 0. The van der Waals surface area contributed by atoms with Crippen LogP contribution in [0.2, 0.25) is 0 Å². The minimum atomic E-state index is -2.76. The van der Waals surface area contributed by atoms with Gasteiger partial charge in [-0.15, -0.1) is 0 Å². The van der Waals surface area contributed by atoms with Gasteiger partial charge < -0.3 is 5.32 Å². The summed E-state index contributed by atoms with van der Waals surface area (Å²) >= 11 is 0. The van der Waals surface area contributed by atoms with Crippen LogP contribution in [0, 0.1) is 13.8 Å². The molecule has 17 heavy (non-hydrogen) atoms. The Balaban J connectivity index is 2.82. The minimum Gasteiger partial charge on any atom is -0.378 e. The van der Waals surface area contributed by atoms with Gasteiger partial charge in [-0.2, -0.15) is 8.78 Å². The molecule has 0 saturated carbocycles. The number of benzene rings is 1. The van der Waals surface area contributed by atoms with Gasteiger partial charge in [0.1, 0.15) is 0 Å². The second kappa shape index (κ2) is 3.44. The molecular formula is C14H19F2N. The Morgan fingerprint density at radius 1 is 1.18 bits per heavy atom. The first-order chi connectivity index (χ1) is 7.64. The summed E-state index contributed by atoms with van der Waals surface area (Å²) in [6.45, 7) is 9.47. The number of aryl methyl sites for hydroxylation is 2. The van der Waals surface area contributed by atoms with Crippen molar-refractivity contribution >= 4 is 5.69 Å². The van der Waals surface area contributed by atoms with Crippen molar-refractivity contribution in [3.05, 3.63) is 28.3 Å². The van der Waals surface area contributed by atoms with Crippen molar-refractivity contribution in [1.82, 2.24) is 0 Å². The van der Waals surface area contributed by atoms with Crippen LogP contribution in [0.3, 0.4) is 0 Å². The van der Waals surface area contributed by atoms with Crippen molar-refractivity contribution < 1.29 is 8.78 Å². The number of nitrogens with one attached hydrogen (secondary N) is 1. The van der Waals surface area contributed by atoms with E-state index in [1.807, 2.05) is 40.7 Å². The third-order valence-corrected chi connectivity index (χ3v) is 3.32. The largest absolute Gasteiger partial charge is 0.378 e. The van der Waals surface area contributed by atoms with Crippen molar-refractivity contribution in [2.45, 2.75) is 46.0 Å². The fourth-order valence-electron chi connectivity index (χ4n) is 2.84. The van der Waals surface area contributed by atoms with Crippen LogP contribution in [0.15, 0.2) is 6.07 Å². The van der Waals surface area contributed by atoms with E-state index in [9.17, 15) is 8.78 Å². The Labute approximate surface area is 101 Å². The maximum absolute atomic E-state index is 14.0. The molecule has 1 aromatic carbocycles. The second-order valence-corrected chi connectivity index (χ2v) is 5.94. The van der Waals surface area contributed by atoms with E-state index in [2.05, 4.69) is 5.32 Å². The van der Waals surface area contributed by atoms with Crippen LogP contribution in [0.1, 0.15) is 43.0 Å². The lowest BCUT2D eigenvalue weighted by molar-refractivity contribution is 0.0168. The highest BCUT2D eigenvalue weighted by atomic mass is 19.3. The molecule has 1 nitrogen and oxygen atoms in total. The Bertz CT molecular complexity index is 470. The average Bonchev–Trinajstić information content (AvgIpc) is 2.41. The van der Waals surface area contributed by atoms with Crippen LogP contribution in [0.25, 0.3) is 0 Å². The summed E-state index contributed by atoms with van der Waals surface area (Å²) in [6, 6.07) is 1.99. The molecule has 1 aliphatic heterocycles. The Morgan fingerprint density at radius 2 is 1.76 bits per heavy atom. The molecule has 1 heterocycles. The van der Waals surface area contributed by atoms with Crippen molar-refractivity contribution in [1.29, 1.82) is 0 Å². The molecule has 0 saturated heterocycles. The number of alkyl halides is 2. The lowest BCUT2D eigenvalue weighted by atomic mass is 9.78. The van der Waals surface area contributed by atoms with E-state index in [0.717, 1.165) is 16.7 Å². The quantitative estimate of drug-likeness (QED) is 0.718. The molecule has 1 aliphatic rings. The number of rotatable bonds is 0. The third kappa shape index (κ3) is 1.81. The molecule has 94 valence electrons. The van der Waals surface area contributed by atoms with E-state index in [1.165, 1.54) is 0 Å². The van der Waals surface area contributed by atoms with Crippen LogP contribution in [-0.2, 0) is 11.3 Å². The van der Waals surface area contributed by atoms with Crippen LogP contribution < -0.4 is 5.32 Å². The summed E-state index contributed by atoms with van der Waals surface area (Å²) in [6.07, 6.45) is 0. The molecule has 0 radical (unpaired) electrons. The van der Waals surface area contributed by atoms with Gasteiger partial charge >= 0.3 is 0 Å². The maximum Gasteiger partial charge on any atom is 0.292 e. The predicted molar refractivity (Wildman–Crippen MR) is 67.0 cm³/mol. The maximum atomic E-state index is 14.0. The van der Waals surface area contributed by atoms with Gasteiger partial charge in [0.25, 0.3) is 5.92 Å². The van der Waals surface area contributed by atoms with Gasteiger partial charge in [-0.3, -0.25) is 0 Å². The molecule has 0 amide bonds. The molecule has 0 atom stereocenters. The number of halogens is 2. The van der Waals surface area contributed by atoms with Crippen LogP contribution >= 0.6 is 0 Å². The van der Waals surface area contributed by atoms with E-state index in [4.69, 9.17) is 0 Å². The Hall–Kier alpha value is -1.12. The molecule has 0 spiro atoms. The fourth-order valence-corrected chi connectivity index (χ4v) is 2.84. The minimum absolute atomic E-state index is 0.211. The first-order valence-corrected chi connectivity index (χ1v) is 5.91. The van der Waals surface area contributed by atoms with Crippen molar-refractivity contribution in [2.24, 2.45) is 0 Å². The van der Waals surface area contributed by atoms with E-state index >= 15 is 0 Å². The summed E-state index contributed by atoms with van der Waals surface area (Å²) in [5.74, 6) is -2.76. The van der Waals surface area contributed by atoms with Gasteiger partial charge in [-0.25, -0.2) is 0 Å². The molecule has 0 bridgehead atoms. The first-order valence-electron chi connectivity index (χ1n) is 5.91. The zero-order valence-electron chi connectivity index (χ0n) is 11.0. The Kier molecular flexibility index (Phi) is 2.49. The molecule has 0 fully saturated rings. The second-order valence-electron chi connectivity index (χ2n) is 5.94. The van der Waals surface area contributed by atoms with Crippen molar-refractivity contribution in [3.63, 3.8) is 0 Å². The summed E-state index contributed by atoms with van der Waals surface area (Å²) in [4.78, 5) is 0. The van der Waals surface area contributed by atoms with Crippen molar-refractivity contribution in [2.75, 3.05) is 11.9 Å². The zero-order valence-corrected chi connectivity index (χ0v) is 11.0. The number of hydrogen-bond acceptors (Lipinski definition) is 1. The topological polar surface area (TPSA) is 12.0 Å². The van der Waals surface area contributed by atoms with E-state index in [-0.39, 0.29) is 17.5 Å². The average molecular weight is 239 g/mol. The SMILES string of the molecule is Cc1cc(C)c(C(C)(C)C)c2c1NCC2(F)F. The molecular weight excluding hydrogens is 220 g/mol.